The van der Waals surface area contributed by atoms with Crippen LogP contribution >= 0.6 is 0 Å². The van der Waals surface area contributed by atoms with Gasteiger partial charge < -0.3 is 30.1 Å². The van der Waals surface area contributed by atoms with Crippen molar-refractivity contribution in [3.63, 3.8) is 0 Å². The standard InChI is InChI=1S/C23H35N3O11/c1-4-17(28)25-16(21(32)33)6-5-15(27)13-23(2,3)22(34)24-9-10-35-11-12-36-14-20(31)37-26-18(29)7-8-19(26)30/h16H,4-14H2,1-3H3,(H,24,34)(H,25,28)(H,32,33). The van der Waals surface area contributed by atoms with Gasteiger partial charge in [0.15, 0.2) is 0 Å². The molecule has 1 aliphatic rings. The first kappa shape index (κ1) is 31.6. The summed E-state index contributed by atoms with van der Waals surface area (Å²) in [5.74, 6) is -4.40. The molecular formula is C23H35N3O11. The molecule has 208 valence electrons. The Hall–Kier alpha value is -3.39. The van der Waals surface area contributed by atoms with E-state index in [4.69, 9.17) is 9.47 Å². The van der Waals surface area contributed by atoms with E-state index in [1.807, 2.05) is 0 Å². The van der Waals surface area contributed by atoms with Crippen molar-refractivity contribution >= 4 is 41.4 Å². The number of hydroxylamine groups is 2. The fourth-order valence-corrected chi connectivity index (χ4v) is 3.16. The monoisotopic (exact) mass is 529 g/mol. The first-order valence-electron chi connectivity index (χ1n) is 11.9. The highest BCUT2D eigenvalue weighted by molar-refractivity contribution is 6.01. The number of hydrogen-bond acceptors (Lipinski definition) is 10. The van der Waals surface area contributed by atoms with Crippen LogP contribution in [0.3, 0.4) is 0 Å². The summed E-state index contributed by atoms with van der Waals surface area (Å²) in [6.07, 6.45) is -0.150. The van der Waals surface area contributed by atoms with Crippen LogP contribution in [0.5, 0.6) is 0 Å². The number of imide groups is 1. The van der Waals surface area contributed by atoms with E-state index < -0.39 is 47.7 Å². The molecule has 0 aromatic carbocycles. The molecule has 4 amide bonds. The number of Topliss-reactive ketones (excluding diaryl/α,β-unsaturated/α-hetero) is 1. The Balaban J connectivity index is 2.19. The number of rotatable bonds is 18. The normalized spacial score (nSPS) is 14.3. The molecular weight excluding hydrogens is 494 g/mol. The van der Waals surface area contributed by atoms with Crippen molar-refractivity contribution in [1.82, 2.24) is 15.7 Å². The van der Waals surface area contributed by atoms with Gasteiger partial charge in [-0.2, -0.15) is 0 Å². The number of carboxylic acid groups (broad SMARTS) is 1. The molecule has 1 aliphatic heterocycles. The van der Waals surface area contributed by atoms with Crippen LogP contribution in [0.15, 0.2) is 0 Å². The molecule has 1 saturated heterocycles. The van der Waals surface area contributed by atoms with Crippen molar-refractivity contribution in [2.75, 3.05) is 33.0 Å². The minimum atomic E-state index is -1.23. The van der Waals surface area contributed by atoms with E-state index in [0.29, 0.717) is 5.06 Å². The number of hydrogen-bond donors (Lipinski definition) is 3. The van der Waals surface area contributed by atoms with E-state index in [1.165, 1.54) is 0 Å². The average molecular weight is 530 g/mol. The molecule has 1 atom stereocenters. The summed E-state index contributed by atoms with van der Waals surface area (Å²) < 4.78 is 10.3. The fraction of sp³-hybridized carbons (Fsp3) is 0.696. The summed E-state index contributed by atoms with van der Waals surface area (Å²) in [5.41, 5.74) is -1.04. The molecule has 3 N–H and O–H groups in total. The highest BCUT2D eigenvalue weighted by Crippen LogP contribution is 2.22. The van der Waals surface area contributed by atoms with Crippen molar-refractivity contribution in [3.05, 3.63) is 0 Å². The second-order valence-electron chi connectivity index (χ2n) is 8.92. The Morgan fingerprint density at radius 2 is 1.65 bits per heavy atom. The maximum absolute atomic E-state index is 12.4. The van der Waals surface area contributed by atoms with Crippen molar-refractivity contribution < 1.29 is 53.0 Å². The molecule has 14 heteroatoms. The van der Waals surface area contributed by atoms with Gasteiger partial charge in [-0.3, -0.25) is 24.0 Å². The summed E-state index contributed by atoms with van der Waals surface area (Å²) in [6, 6.07) is -1.17. The number of nitrogens with one attached hydrogen (secondary N) is 2. The van der Waals surface area contributed by atoms with Crippen molar-refractivity contribution in [2.45, 2.75) is 65.3 Å². The molecule has 14 nitrogen and oxygen atoms in total. The minimum absolute atomic E-state index is 0.00192. The lowest BCUT2D eigenvalue weighted by Crippen LogP contribution is -2.41. The van der Waals surface area contributed by atoms with Gasteiger partial charge >= 0.3 is 11.9 Å². The Morgan fingerprint density at radius 1 is 1.03 bits per heavy atom. The zero-order valence-electron chi connectivity index (χ0n) is 21.3. The fourth-order valence-electron chi connectivity index (χ4n) is 3.16. The third kappa shape index (κ3) is 11.9. The molecule has 0 aromatic rings. The van der Waals surface area contributed by atoms with Crippen LogP contribution in [0.2, 0.25) is 0 Å². The molecule has 0 saturated carbocycles. The van der Waals surface area contributed by atoms with E-state index in [2.05, 4.69) is 15.5 Å². The van der Waals surface area contributed by atoms with Crippen LogP contribution < -0.4 is 10.6 Å². The summed E-state index contributed by atoms with van der Waals surface area (Å²) in [7, 11) is 0. The van der Waals surface area contributed by atoms with Crippen LogP contribution in [-0.2, 0) is 47.9 Å². The molecule has 1 heterocycles. The van der Waals surface area contributed by atoms with Crippen LogP contribution in [0.4, 0.5) is 0 Å². The van der Waals surface area contributed by atoms with Crippen molar-refractivity contribution in [2.24, 2.45) is 5.41 Å². The third-order valence-electron chi connectivity index (χ3n) is 5.24. The lowest BCUT2D eigenvalue weighted by molar-refractivity contribution is -0.200. The van der Waals surface area contributed by atoms with Gasteiger partial charge in [0.05, 0.1) is 25.2 Å². The quantitative estimate of drug-likeness (QED) is 0.153. The molecule has 1 fully saturated rings. The van der Waals surface area contributed by atoms with Crippen molar-refractivity contribution in [1.29, 1.82) is 0 Å². The second-order valence-corrected chi connectivity index (χ2v) is 8.92. The highest BCUT2D eigenvalue weighted by atomic mass is 16.7. The number of carbonyl (C=O) groups excluding carboxylic acids is 6. The average Bonchev–Trinajstić information content (AvgIpc) is 3.14. The molecule has 1 rings (SSSR count). The zero-order chi connectivity index (χ0) is 28.0. The topological polar surface area (TPSA) is 195 Å². The van der Waals surface area contributed by atoms with Crippen LogP contribution in [0.1, 0.15) is 59.3 Å². The zero-order valence-corrected chi connectivity index (χ0v) is 21.3. The number of nitrogens with zero attached hydrogens (tertiary/aromatic N) is 1. The lowest BCUT2D eigenvalue weighted by atomic mass is 9.85. The van der Waals surface area contributed by atoms with Gasteiger partial charge in [0.25, 0.3) is 11.8 Å². The van der Waals surface area contributed by atoms with E-state index in [-0.39, 0.29) is 76.6 Å². The van der Waals surface area contributed by atoms with Gasteiger partial charge in [-0.25, -0.2) is 9.59 Å². The van der Waals surface area contributed by atoms with E-state index in [9.17, 15) is 38.7 Å². The molecule has 0 bridgehead atoms. The summed E-state index contributed by atoms with van der Waals surface area (Å²) in [5, 5.41) is 14.6. The third-order valence-corrected chi connectivity index (χ3v) is 5.24. The van der Waals surface area contributed by atoms with E-state index >= 15 is 0 Å². The molecule has 0 radical (unpaired) electrons. The number of ketones is 1. The molecule has 1 unspecified atom stereocenters. The molecule has 0 aromatic heterocycles. The maximum atomic E-state index is 12.4. The smallest absolute Gasteiger partial charge is 0.358 e. The molecule has 0 aliphatic carbocycles. The Labute approximate surface area is 214 Å². The van der Waals surface area contributed by atoms with Crippen LogP contribution in [0.25, 0.3) is 0 Å². The summed E-state index contributed by atoms with van der Waals surface area (Å²) >= 11 is 0. The van der Waals surface area contributed by atoms with Gasteiger partial charge in [-0.15, -0.1) is 5.06 Å². The van der Waals surface area contributed by atoms with E-state index in [1.54, 1.807) is 20.8 Å². The minimum Gasteiger partial charge on any atom is -0.480 e. The van der Waals surface area contributed by atoms with Crippen LogP contribution in [-0.4, -0.2) is 90.5 Å². The predicted octanol–water partition coefficient (Wildman–Crippen LogP) is -0.512. The van der Waals surface area contributed by atoms with Gasteiger partial charge in [0.2, 0.25) is 11.8 Å². The van der Waals surface area contributed by atoms with Gasteiger partial charge in [-0.05, 0) is 6.42 Å². The van der Waals surface area contributed by atoms with Gasteiger partial charge in [0, 0.05) is 38.6 Å². The largest absolute Gasteiger partial charge is 0.480 e. The Bertz CT molecular complexity index is 856. The van der Waals surface area contributed by atoms with Gasteiger partial charge in [-0.1, -0.05) is 20.8 Å². The first-order chi connectivity index (χ1) is 17.4. The lowest BCUT2D eigenvalue weighted by Gasteiger charge is -2.23. The Kier molecular flexibility index (Phi) is 13.4. The predicted molar refractivity (Wildman–Crippen MR) is 124 cm³/mol. The highest BCUT2D eigenvalue weighted by Gasteiger charge is 2.33. The SMILES string of the molecule is CCC(=O)NC(CCC(=O)CC(C)(C)C(=O)NCCOCCOCC(=O)ON1C(=O)CCC1=O)C(=O)O. The van der Waals surface area contributed by atoms with Crippen molar-refractivity contribution in [3.8, 4) is 0 Å². The number of carboxylic acids is 1. The first-order valence-corrected chi connectivity index (χ1v) is 11.9. The van der Waals surface area contributed by atoms with Gasteiger partial charge in [0.1, 0.15) is 18.4 Å². The Morgan fingerprint density at radius 3 is 2.24 bits per heavy atom. The number of ether oxygens (including phenoxy) is 2. The maximum Gasteiger partial charge on any atom is 0.358 e. The number of carbonyl (C=O) groups is 7. The van der Waals surface area contributed by atoms with Crippen LogP contribution in [0, 0.1) is 5.41 Å². The van der Waals surface area contributed by atoms with E-state index in [0.717, 1.165) is 0 Å². The molecule has 37 heavy (non-hydrogen) atoms. The second kappa shape index (κ2) is 15.7. The number of amides is 4. The summed E-state index contributed by atoms with van der Waals surface area (Å²) in [6.45, 7) is 4.71. The number of aliphatic carboxylic acids is 1. The molecule has 0 spiro atoms. The summed E-state index contributed by atoms with van der Waals surface area (Å²) in [4.78, 5) is 86.4.